The summed E-state index contributed by atoms with van der Waals surface area (Å²) in [5.41, 5.74) is 0.196. The van der Waals surface area contributed by atoms with Gasteiger partial charge in [-0.05, 0) is 12.1 Å². The summed E-state index contributed by atoms with van der Waals surface area (Å²) in [5, 5.41) is 4.15. The van der Waals surface area contributed by atoms with Gasteiger partial charge < -0.3 is 4.74 Å². The number of ether oxygens (including phenoxy) is 1. The van der Waals surface area contributed by atoms with Gasteiger partial charge in [-0.25, -0.2) is 14.5 Å². The molecule has 0 aromatic carbocycles. The molecule has 0 unspecified atom stereocenters. The number of nitrogens with zero attached hydrogens (tertiary/aromatic N) is 3. The van der Waals surface area contributed by atoms with Crippen LogP contribution in [0.5, 0.6) is 0 Å². The number of hydrogen-bond acceptors (Lipinski definition) is 5. The van der Waals surface area contributed by atoms with Crippen LogP contribution in [0.15, 0.2) is 29.4 Å². The topological polar surface area (TPSA) is 57.0 Å². The van der Waals surface area contributed by atoms with Crippen LogP contribution in [-0.2, 0) is 4.74 Å². The normalized spacial score (nSPS) is 10.3. The summed E-state index contributed by atoms with van der Waals surface area (Å²) < 4.78 is 18.8. The monoisotopic (exact) mass is 253 g/mol. The van der Waals surface area contributed by atoms with Gasteiger partial charge in [0.05, 0.1) is 13.3 Å². The molecule has 0 amide bonds. The van der Waals surface area contributed by atoms with Crippen molar-refractivity contribution in [2.45, 2.75) is 5.03 Å². The van der Waals surface area contributed by atoms with Gasteiger partial charge in [0.15, 0.2) is 5.82 Å². The van der Waals surface area contributed by atoms with E-state index in [2.05, 4.69) is 27.4 Å². The minimum absolute atomic E-state index is 0.196. The molecule has 0 fully saturated rings. The average Bonchev–Trinajstić information content (AvgIpc) is 2.70. The van der Waals surface area contributed by atoms with E-state index in [1.165, 1.54) is 30.1 Å². The van der Waals surface area contributed by atoms with Crippen LogP contribution in [0.3, 0.4) is 0 Å². The zero-order valence-electron chi connectivity index (χ0n) is 8.79. The highest BCUT2D eigenvalue weighted by molar-refractivity contribution is 7.80. The van der Waals surface area contributed by atoms with Crippen molar-refractivity contribution in [2.75, 3.05) is 7.11 Å². The fourth-order valence-electron chi connectivity index (χ4n) is 1.28. The Balaban J connectivity index is 2.48. The van der Waals surface area contributed by atoms with Crippen molar-refractivity contribution in [3.05, 3.63) is 35.9 Å². The highest BCUT2D eigenvalue weighted by Gasteiger charge is 2.16. The molecule has 0 aliphatic heterocycles. The van der Waals surface area contributed by atoms with Crippen molar-refractivity contribution in [1.82, 2.24) is 14.8 Å². The van der Waals surface area contributed by atoms with Crippen molar-refractivity contribution in [3.63, 3.8) is 0 Å². The third-order valence-electron chi connectivity index (χ3n) is 2.07. The van der Waals surface area contributed by atoms with E-state index < -0.39 is 11.9 Å². The molecule has 0 bridgehead atoms. The van der Waals surface area contributed by atoms with Crippen molar-refractivity contribution < 1.29 is 13.9 Å². The fraction of sp³-hybridized carbons (Fsp3) is 0.100. The number of carbonyl (C=O) groups excluding carboxylic acids is 1. The second kappa shape index (κ2) is 4.54. The van der Waals surface area contributed by atoms with Crippen LogP contribution >= 0.6 is 12.6 Å². The maximum Gasteiger partial charge on any atom is 0.342 e. The molecule has 5 nitrogen and oxygen atoms in total. The number of thiol groups is 1. The molecule has 0 atom stereocenters. The summed E-state index contributed by atoms with van der Waals surface area (Å²) in [6, 6.07) is 4.26. The highest BCUT2D eigenvalue weighted by atomic mass is 32.1. The van der Waals surface area contributed by atoms with Gasteiger partial charge in [0.25, 0.3) is 0 Å². The lowest BCUT2D eigenvalue weighted by Crippen LogP contribution is -2.04. The highest BCUT2D eigenvalue weighted by Crippen LogP contribution is 2.18. The molecule has 17 heavy (non-hydrogen) atoms. The van der Waals surface area contributed by atoms with E-state index in [1.54, 1.807) is 6.07 Å². The van der Waals surface area contributed by atoms with Crippen LogP contribution in [0.1, 0.15) is 10.4 Å². The smallest absolute Gasteiger partial charge is 0.342 e. The van der Waals surface area contributed by atoms with Crippen molar-refractivity contribution in [2.24, 2.45) is 0 Å². The van der Waals surface area contributed by atoms with Gasteiger partial charge in [-0.2, -0.15) is 9.49 Å². The summed E-state index contributed by atoms with van der Waals surface area (Å²) in [7, 11) is 1.26. The molecule has 2 aromatic heterocycles. The molecule has 0 spiro atoms. The number of hydrogen-bond donors (Lipinski definition) is 1. The van der Waals surface area contributed by atoms with Crippen LogP contribution in [0.25, 0.3) is 5.82 Å². The molecule has 0 saturated heterocycles. The molecule has 0 N–H and O–H groups in total. The number of pyridine rings is 1. The van der Waals surface area contributed by atoms with Gasteiger partial charge in [-0.1, -0.05) is 6.07 Å². The Hall–Kier alpha value is -1.89. The number of aromatic nitrogens is 3. The summed E-state index contributed by atoms with van der Waals surface area (Å²) in [6.45, 7) is 0. The van der Waals surface area contributed by atoms with Crippen molar-refractivity contribution in [1.29, 1.82) is 0 Å². The first-order valence-electron chi connectivity index (χ1n) is 4.61. The van der Waals surface area contributed by atoms with Crippen LogP contribution < -0.4 is 0 Å². The molecule has 2 rings (SSSR count). The van der Waals surface area contributed by atoms with Gasteiger partial charge in [0.2, 0.25) is 5.95 Å². The second-order valence-electron chi connectivity index (χ2n) is 3.10. The number of methoxy groups -OCH3 is 1. The fourth-order valence-corrected chi connectivity index (χ4v) is 1.58. The standard InChI is InChI=1S/C10H8FN3O2S/c1-16-10(15)6-5-12-14(9(6)17)8-4-2-3-7(11)13-8/h2-5,17H,1H3. The van der Waals surface area contributed by atoms with Crippen LogP contribution in [0.4, 0.5) is 4.39 Å². The first-order valence-corrected chi connectivity index (χ1v) is 5.06. The molecular formula is C10H8FN3O2S. The molecule has 0 saturated carbocycles. The third-order valence-corrected chi connectivity index (χ3v) is 2.50. The quantitative estimate of drug-likeness (QED) is 0.500. The zero-order chi connectivity index (χ0) is 12.4. The molecule has 88 valence electrons. The summed E-state index contributed by atoms with van der Waals surface area (Å²) in [5.74, 6) is -0.951. The molecular weight excluding hydrogens is 245 g/mol. The van der Waals surface area contributed by atoms with E-state index in [4.69, 9.17) is 0 Å². The lowest BCUT2D eigenvalue weighted by atomic mass is 10.4. The van der Waals surface area contributed by atoms with Crippen molar-refractivity contribution in [3.8, 4) is 5.82 Å². The van der Waals surface area contributed by atoms with Gasteiger partial charge in [0, 0.05) is 0 Å². The van der Waals surface area contributed by atoms with Gasteiger partial charge in [0.1, 0.15) is 10.6 Å². The van der Waals surface area contributed by atoms with Gasteiger partial charge in [-0.15, -0.1) is 12.6 Å². The van der Waals surface area contributed by atoms with E-state index in [1.807, 2.05) is 0 Å². The molecule has 0 aliphatic carbocycles. The Morgan fingerprint density at radius 1 is 1.53 bits per heavy atom. The first-order chi connectivity index (χ1) is 8.13. The lowest BCUT2D eigenvalue weighted by Gasteiger charge is -2.02. The predicted molar refractivity (Wildman–Crippen MR) is 59.9 cm³/mol. The maximum absolute atomic E-state index is 12.9. The SMILES string of the molecule is COC(=O)c1cnn(-c2cccc(F)n2)c1S. The lowest BCUT2D eigenvalue weighted by molar-refractivity contribution is 0.0596. The number of esters is 1. The van der Waals surface area contributed by atoms with Gasteiger partial charge in [-0.3, -0.25) is 0 Å². The molecule has 2 heterocycles. The minimum atomic E-state index is -0.634. The van der Waals surface area contributed by atoms with E-state index in [0.717, 1.165) is 0 Å². The maximum atomic E-state index is 12.9. The zero-order valence-corrected chi connectivity index (χ0v) is 9.69. The summed E-state index contributed by atoms with van der Waals surface area (Å²) >= 11 is 4.14. The summed E-state index contributed by atoms with van der Waals surface area (Å²) in [6.07, 6.45) is 1.29. The Kier molecular flexibility index (Phi) is 3.10. The molecule has 0 aliphatic rings. The van der Waals surface area contributed by atoms with E-state index in [0.29, 0.717) is 0 Å². The van der Waals surface area contributed by atoms with Crippen LogP contribution in [0, 0.1) is 5.95 Å². The Morgan fingerprint density at radius 2 is 2.29 bits per heavy atom. The largest absolute Gasteiger partial charge is 0.465 e. The van der Waals surface area contributed by atoms with Crippen LogP contribution in [0.2, 0.25) is 0 Å². The predicted octanol–water partition coefficient (Wildman–Crippen LogP) is 1.48. The average molecular weight is 253 g/mol. The Bertz CT molecular complexity index is 570. The first kappa shape index (κ1) is 11.6. The molecule has 0 radical (unpaired) electrons. The second-order valence-corrected chi connectivity index (χ2v) is 3.53. The number of halogens is 1. The minimum Gasteiger partial charge on any atom is -0.465 e. The summed E-state index contributed by atoms with van der Waals surface area (Å²) in [4.78, 5) is 15.0. The third kappa shape index (κ3) is 2.14. The van der Waals surface area contributed by atoms with Crippen LogP contribution in [-0.4, -0.2) is 27.8 Å². The Labute approximate surface area is 102 Å². The van der Waals surface area contributed by atoms with E-state index in [-0.39, 0.29) is 16.4 Å². The van der Waals surface area contributed by atoms with E-state index >= 15 is 0 Å². The molecule has 2 aromatic rings. The van der Waals surface area contributed by atoms with Gasteiger partial charge >= 0.3 is 5.97 Å². The number of rotatable bonds is 2. The number of carbonyl (C=O) groups is 1. The van der Waals surface area contributed by atoms with Crippen molar-refractivity contribution >= 4 is 18.6 Å². The molecule has 7 heteroatoms. The van der Waals surface area contributed by atoms with E-state index in [9.17, 15) is 9.18 Å². The Morgan fingerprint density at radius 3 is 2.94 bits per heavy atom.